The fourth-order valence-electron chi connectivity index (χ4n) is 0.403. The van der Waals surface area contributed by atoms with Gasteiger partial charge in [-0.25, -0.2) is 9.97 Å². The highest BCUT2D eigenvalue weighted by Crippen LogP contribution is 1.89. The minimum absolute atomic E-state index is 0.329. The lowest BCUT2D eigenvalue weighted by molar-refractivity contribution is 1.08. The predicted octanol–water partition coefficient (Wildman–Crippen LogP) is 0.844. The maximum atomic E-state index is 5.20. The lowest BCUT2D eigenvalue weighted by Crippen LogP contribution is -1.84. The first-order chi connectivity index (χ1) is 3.79. The number of aromatic nitrogens is 2. The molecule has 0 spiro atoms. The van der Waals surface area contributed by atoms with Crippen molar-refractivity contribution in [2.24, 2.45) is 0 Å². The molecule has 1 rings (SSSR count). The molecule has 8 heavy (non-hydrogen) atoms. The molecular formula is C6H6N2. The van der Waals surface area contributed by atoms with Crippen LogP contribution in [0.1, 0.15) is 11.4 Å². The largest absolute Gasteiger partial charge is 0.241 e. The Balaban J connectivity index is 3.03. The van der Waals surface area contributed by atoms with E-state index in [0.29, 0.717) is 5.82 Å². The second-order valence-corrected chi connectivity index (χ2v) is 1.62. The number of hydrogen-bond donors (Lipinski definition) is 0. The molecule has 2 heteroatoms. The molecule has 0 unspecified atom stereocenters. The van der Waals surface area contributed by atoms with Crippen LogP contribution in [0.25, 0.3) is 0 Å². The zero-order valence-electron chi connectivity index (χ0n) is 4.63. The third kappa shape index (κ3) is 1.03. The summed E-state index contributed by atoms with van der Waals surface area (Å²) in [6.45, 7) is 7.12. The summed E-state index contributed by atoms with van der Waals surface area (Å²) in [5, 5.41) is 0. The molecule has 1 aromatic rings. The average Bonchev–Trinajstić information content (AvgIpc) is 1.77. The quantitative estimate of drug-likeness (QED) is 0.490. The maximum absolute atomic E-state index is 5.20. The van der Waals surface area contributed by atoms with Gasteiger partial charge in [0.05, 0.1) is 0 Å². The van der Waals surface area contributed by atoms with Crippen molar-refractivity contribution < 1.29 is 0 Å². The van der Waals surface area contributed by atoms with Crippen LogP contribution in [-0.2, 0) is 0 Å². The van der Waals surface area contributed by atoms with Crippen molar-refractivity contribution in [3.05, 3.63) is 30.7 Å². The molecule has 40 valence electrons. The fraction of sp³-hybridized carbons (Fsp3) is 0.167. The van der Waals surface area contributed by atoms with Gasteiger partial charge < -0.3 is 0 Å². The van der Waals surface area contributed by atoms with Gasteiger partial charge in [0.2, 0.25) is 0 Å². The first-order valence-electron chi connectivity index (χ1n) is 2.33. The summed E-state index contributed by atoms with van der Waals surface area (Å²) >= 11 is 0. The normalized spacial score (nSPS) is 9.25. The number of hydrogen-bond acceptors (Lipinski definition) is 2. The zero-order valence-corrected chi connectivity index (χ0v) is 4.63. The van der Waals surface area contributed by atoms with Gasteiger partial charge in [0, 0.05) is 19.3 Å². The summed E-state index contributed by atoms with van der Waals surface area (Å²) in [7, 11) is 0. The Hall–Kier alpha value is -0.920. The molecule has 0 atom stereocenters. The van der Waals surface area contributed by atoms with E-state index in [1.165, 1.54) is 0 Å². The van der Waals surface area contributed by atoms with Crippen molar-refractivity contribution >= 4 is 0 Å². The molecule has 0 aliphatic carbocycles. The van der Waals surface area contributed by atoms with Crippen LogP contribution in [0.2, 0.25) is 0 Å². The molecule has 0 N–H and O–H groups in total. The lowest BCUT2D eigenvalue weighted by Gasteiger charge is -1.88. The molecule has 0 fully saturated rings. The Bertz CT molecular complexity index is 145. The van der Waals surface area contributed by atoms with Crippen LogP contribution in [0.3, 0.4) is 0 Å². The molecule has 0 saturated carbocycles. The van der Waals surface area contributed by atoms with Crippen LogP contribution in [0.15, 0.2) is 12.4 Å². The monoisotopic (exact) mass is 106 g/mol. The van der Waals surface area contributed by atoms with Gasteiger partial charge in [-0.2, -0.15) is 0 Å². The van der Waals surface area contributed by atoms with Crippen LogP contribution >= 0.6 is 0 Å². The Morgan fingerprint density at radius 3 is 2.25 bits per heavy atom. The van der Waals surface area contributed by atoms with Crippen molar-refractivity contribution in [3.63, 3.8) is 0 Å². The average molecular weight is 106 g/mol. The first kappa shape index (κ1) is 5.22. The molecule has 0 amide bonds. The number of rotatable bonds is 0. The van der Waals surface area contributed by atoms with E-state index in [1.54, 1.807) is 12.4 Å². The Labute approximate surface area is 48.6 Å². The standard InChI is InChI=1S/C6H6N2/c1-5-3-7-6(2)8-4-5/h2-4H,1H3. The Morgan fingerprint density at radius 2 is 1.88 bits per heavy atom. The molecule has 1 heterocycles. The predicted molar refractivity (Wildman–Crippen MR) is 30.2 cm³/mol. The topological polar surface area (TPSA) is 25.8 Å². The van der Waals surface area contributed by atoms with E-state index >= 15 is 0 Å². The highest BCUT2D eigenvalue weighted by Gasteiger charge is 1.83. The molecule has 2 nitrogen and oxygen atoms in total. The van der Waals surface area contributed by atoms with Gasteiger partial charge in [-0.05, 0) is 12.5 Å². The highest BCUT2D eigenvalue weighted by molar-refractivity contribution is 5.02. The summed E-state index contributed by atoms with van der Waals surface area (Å²) in [5.74, 6) is 0.329. The van der Waals surface area contributed by atoms with Gasteiger partial charge in [0.25, 0.3) is 0 Å². The van der Waals surface area contributed by atoms with Gasteiger partial charge in [0.15, 0.2) is 0 Å². The zero-order chi connectivity index (χ0) is 5.98. The molecule has 0 aliphatic heterocycles. The van der Waals surface area contributed by atoms with Crippen LogP contribution < -0.4 is 0 Å². The SMILES string of the molecule is [CH]c1ncc(C)cn1. The summed E-state index contributed by atoms with van der Waals surface area (Å²) < 4.78 is 0. The smallest absolute Gasteiger partial charge is 0.132 e. The summed E-state index contributed by atoms with van der Waals surface area (Å²) in [4.78, 5) is 7.49. The van der Waals surface area contributed by atoms with Crippen molar-refractivity contribution in [1.82, 2.24) is 9.97 Å². The van der Waals surface area contributed by atoms with E-state index in [0.717, 1.165) is 5.56 Å². The van der Waals surface area contributed by atoms with Gasteiger partial charge in [-0.15, -0.1) is 0 Å². The van der Waals surface area contributed by atoms with Crippen LogP contribution in [-0.4, -0.2) is 9.97 Å². The van der Waals surface area contributed by atoms with Crippen LogP contribution in [0.5, 0.6) is 0 Å². The third-order valence-corrected chi connectivity index (χ3v) is 0.801. The maximum Gasteiger partial charge on any atom is 0.132 e. The van der Waals surface area contributed by atoms with Crippen LogP contribution in [0.4, 0.5) is 0 Å². The Morgan fingerprint density at radius 1 is 1.38 bits per heavy atom. The van der Waals surface area contributed by atoms with E-state index in [9.17, 15) is 0 Å². The summed E-state index contributed by atoms with van der Waals surface area (Å²) in [6.07, 6.45) is 3.37. The lowest BCUT2D eigenvalue weighted by atomic mass is 10.4. The van der Waals surface area contributed by atoms with Crippen molar-refractivity contribution in [2.45, 2.75) is 6.92 Å². The molecule has 0 aliphatic rings. The molecule has 0 aromatic carbocycles. The van der Waals surface area contributed by atoms with Gasteiger partial charge in [-0.3, -0.25) is 0 Å². The van der Waals surface area contributed by atoms with E-state index < -0.39 is 0 Å². The second kappa shape index (κ2) is 1.90. The fourth-order valence-corrected chi connectivity index (χ4v) is 0.403. The molecule has 2 radical (unpaired) electrons. The highest BCUT2D eigenvalue weighted by atomic mass is 14.8. The Kier molecular flexibility index (Phi) is 1.24. The minimum Gasteiger partial charge on any atom is -0.241 e. The van der Waals surface area contributed by atoms with Crippen molar-refractivity contribution in [3.8, 4) is 0 Å². The number of aryl methyl sites for hydroxylation is 1. The molecular weight excluding hydrogens is 100 g/mol. The van der Waals surface area contributed by atoms with Crippen molar-refractivity contribution in [1.29, 1.82) is 0 Å². The van der Waals surface area contributed by atoms with E-state index in [1.807, 2.05) is 6.92 Å². The van der Waals surface area contributed by atoms with Crippen molar-refractivity contribution in [2.75, 3.05) is 0 Å². The van der Waals surface area contributed by atoms with E-state index in [2.05, 4.69) is 9.97 Å². The van der Waals surface area contributed by atoms with E-state index in [-0.39, 0.29) is 0 Å². The number of nitrogens with zero attached hydrogens (tertiary/aromatic N) is 2. The van der Waals surface area contributed by atoms with Crippen LogP contribution in [0, 0.1) is 13.8 Å². The third-order valence-electron chi connectivity index (χ3n) is 0.801. The molecule has 0 bridgehead atoms. The van der Waals surface area contributed by atoms with Gasteiger partial charge >= 0.3 is 0 Å². The summed E-state index contributed by atoms with van der Waals surface area (Å²) in [6, 6.07) is 0. The molecule has 1 aromatic heterocycles. The second-order valence-electron chi connectivity index (χ2n) is 1.62. The van der Waals surface area contributed by atoms with E-state index in [4.69, 9.17) is 6.92 Å². The van der Waals surface area contributed by atoms with Gasteiger partial charge in [0.1, 0.15) is 5.82 Å². The minimum atomic E-state index is 0.329. The molecule has 0 saturated heterocycles. The summed E-state index contributed by atoms with van der Waals surface area (Å²) in [5.41, 5.74) is 1.03. The first-order valence-corrected chi connectivity index (χ1v) is 2.33. The van der Waals surface area contributed by atoms with Gasteiger partial charge in [-0.1, -0.05) is 0 Å².